The molecule has 0 aliphatic carbocycles. The lowest BCUT2D eigenvalue weighted by Gasteiger charge is -2.19. The van der Waals surface area contributed by atoms with Gasteiger partial charge in [-0.25, -0.2) is 0 Å². The van der Waals surface area contributed by atoms with Crippen LogP contribution in [-0.2, 0) is 0 Å². The zero-order chi connectivity index (χ0) is 31.9. The van der Waals surface area contributed by atoms with Crippen molar-refractivity contribution in [1.82, 2.24) is 15.0 Å². The molecule has 0 radical (unpaired) electrons. The molecule has 3 nitrogen and oxygen atoms in total. The van der Waals surface area contributed by atoms with Gasteiger partial charge in [-0.1, -0.05) is 109 Å². The molecule has 224 valence electrons. The molecular formula is C45H29N3. The molecular weight excluding hydrogens is 583 g/mol. The summed E-state index contributed by atoms with van der Waals surface area (Å²) in [7, 11) is 0. The first-order valence-electron chi connectivity index (χ1n) is 16.2. The minimum Gasteiger partial charge on any atom is -0.263 e. The fourth-order valence-corrected chi connectivity index (χ4v) is 7.03. The summed E-state index contributed by atoms with van der Waals surface area (Å²) in [4.78, 5) is 13.8. The third-order valence-electron chi connectivity index (χ3n) is 9.23. The van der Waals surface area contributed by atoms with Crippen LogP contribution in [0.3, 0.4) is 0 Å². The van der Waals surface area contributed by atoms with Crippen LogP contribution >= 0.6 is 0 Å². The van der Waals surface area contributed by atoms with Crippen LogP contribution in [0.15, 0.2) is 176 Å². The molecule has 48 heavy (non-hydrogen) atoms. The molecule has 0 unspecified atom stereocenters. The minimum absolute atomic E-state index is 0.917. The van der Waals surface area contributed by atoms with Crippen LogP contribution in [0.2, 0.25) is 0 Å². The van der Waals surface area contributed by atoms with E-state index in [1.807, 2.05) is 49.1 Å². The van der Waals surface area contributed by atoms with Gasteiger partial charge in [0.1, 0.15) is 0 Å². The monoisotopic (exact) mass is 611 g/mol. The van der Waals surface area contributed by atoms with Crippen LogP contribution in [0.25, 0.3) is 88.2 Å². The maximum Gasteiger partial charge on any atom is 0.0717 e. The van der Waals surface area contributed by atoms with Gasteiger partial charge < -0.3 is 0 Å². The van der Waals surface area contributed by atoms with Crippen molar-refractivity contribution in [3.63, 3.8) is 0 Å². The van der Waals surface area contributed by atoms with Gasteiger partial charge in [-0.3, -0.25) is 15.0 Å². The van der Waals surface area contributed by atoms with Crippen molar-refractivity contribution in [3.05, 3.63) is 176 Å². The summed E-state index contributed by atoms with van der Waals surface area (Å²) >= 11 is 0. The summed E-state index contributed by atoms with van der Waals surface area (Å²) in [5.41, 5.74) is 11.1. The SMILES string of the molecule is c1ccc(-c2cncc(-c3ccc(-c4c5ccccc5c(-c5cc(-c6ccccn6)cc6ccccc56)c5ccccc45)cc3)c2)nc1. The molecule has 3 aromatic heterocycles. The molecule has 0 atom stereocenters. The van der Waals surface area contributed by atoms with Crippen molar-refractivity contribution in [1.29, 1.82) is 0 Å². The topological polar surface area (TPSA) is 38.7 Å². The average Bonchev–Trinajstić information content (AvgIpc) is 3.17. The molecule has 9 rings (SSSR count). The van der Waals surface area contributed by atoms with Gasteiger partial charge in [0.2, 0.25) is 0 Å². The second kappa shape index (κ2) is 11.7. The van der Waals surface area contributed by atoms with E-state index in [1.54, 1.807) is 0 Å². The molecule has 3 heteroatoms. The van der Waals surface area contributed by atoms with Gasteiger partial charge in [0.25, 0.3) is 0 Å². The van der Waals surface area contributed by atoms with E-state index in [2.05, 4.69) is 137 Å². The summed E-state index contributed by atoms with van der Waals surface area (Å²) in [6, 6.07) is 54.0. The van der Waals surface area contributed by atoms with Gasteiger partial charge in [-0.2, -0.15) is 0 Å². The standard InChI is InChI=1S/C45H29N3/c1-2-12-36-32(11-1)25-33(42-17-7-9-23-47-42)27-41(36)45-39-15-5-3-13-37(39)44(38-14-4-6-16-40(38)45)31-21-19-30(20-22-31)34-26-35(29-46-28-34)43-18-8-10-24-48-43/h1-29H. The van der Waals surface area contributed by atoms with Gasteiger partial charge >= 0.3 is 0 Å². The van der Waals surface area contributed by atoms with Crippen LogP contribution < -0.4 is 0 Å². The van der Waals surface area contributed by atoms with Crippen molar-refractivity contribution in [2.45, 2.75) is 0 Å². The van der Waals surface area contributed by atoms with Crippen molar-refractivity contribution < 1.29 is 0 Å². The summed E-state index contributed by atoms with van der Waals surface area (Å²) in [6.45, 7) is 0. The van der Waals surface area contributed by atoms with E-state index in [-0.39, 0.29) is 0 Å². The summed E-state index contributed by atoms with van der Waals surface area (Å²) < 4.78 is 0. The second-order valence-electron chi connectivity index (χ2n) is 12.1. The van der Waals surface area contributed by atoms with E-state index >= 15 is 0 Å². The lowest BCUT2D eigenvalue weighted by Crippen LogP contribution is -1.93. The number of fused-ring (bicyclic) bond motifs is 3. The molecule has 0 N–H and O–H groups in total. The Bertz CT molecular complexity index is 2540. The molecule has 6 aromatic carbocycles. The fraction of sp³-hybridized carbons (Fsp3) is 0. The Kier molecular flexibility index (Phi) is 6.80. The fourth-order valence-electron chi connectivity index (χ4n) is 7.03. The highest BCUT2D eigenvalue weighted by molar-refractivity contribution is 6.23. The van der Waals surface area contributed by atoms with Gasteiger partial charge in [-0.15, -0.1) is 0 Å². The lowest BCUT2D eigenvalue weighted by molar-refractivity contribution is 1.28. The van der Waals surface area contributed by atoms with Crippen LogP contribution in [0.4, 0.5) is 0 Å². The van der Waals surface area contributed by atoms with E-state index in [4.69, 9.17) is 4.98 Å². The zero-order valence-corrected chi connectivity index (χ0v) is 26.1. The molecule has 0 spiro atoms. The number of rotatable bonds is 5. The van der Waals surface area contributed by atoms with E-state index in [0.29, 0.717) is 0 Å². The highest BCUT2D eigenvalue weighted by atomic mass is 14.7. The largest absolute Gasteiger partial charge is 0.263 e. The van der Waals surface area contributed by atoms with Crippen LogP contribution in [-0.4, -0.2) is 15.0 Å². The first-order valence-corrected chi connectivity index (χ1v) is 16.2. The number of aromatic nitrogens is 3. The van der Waals surface area contributed by atoms with Gasteiger partial charge in [0.15, 0.2) is 0 Å². The number of hydrogen-bond acceptors (Lipinski definition) is 3. The summed E-state index contributed by atoms with van der Waals surface area (Å²) in [6.07, 6.45) is 7.47. The van der Waals surface area contributed by atoms with Crippen molar-refractivity contribution >= 4 is 32.3 Å². The average molecular weight is 612 g/mol. The third kappa shape index (κ3) is 4.81. The quantitative estimate of drug-likeness (QED) is 0.182. The second-order valence-corrected chi connectivity index (χ2v) is 12.1. The first-order chi connectivity index (χ1) is 23.8. The Morgan fingerprint density at radius 3 is 1.48 bits per heavy atom. The summed E-state index contributed by atoms with van der Waals surface area (Å²) in [5.74, 6) is 0. The van der Waals surface area contributed by atoms with Crippen LogP contribution in [0.1, 0.15) is 0 Å². The molecule has 0 amide bonds. The number of hydrogen-bond donors (Lipinski definition) is 0. The number of nitrogens with zero attached hydrogens (tertiary/aromatic N) is 3. The number of benzene rings is 6. The smallest absolute Gasteiger partial charge is 0.0717 e. The zero-order valence-electron chi connectivity index (χ0n) is 26.1. The van der Waals surface area contributed by atoms with Crippen molar-refractivity contribution in [3.8, 4) is 55.9 Å². The Morgan fingerprint density at radius 2 is 0.854 bits per heavy atom. The predicted molar refractivity (Wildman–Crippen MR) is 200 cm³/mol. The summed E-state index contributed by atoms with van der Waals surface area (Å²) in [5, 5.41) is 7.34. The third-order valence-corrected chi connectivity index (χ3v) is 9.23. The molecule has 0 aliphatic rings. The van der Waals surface area contributed by atoms with Crippen molar-refractivity contribution in [2.75, 3.05) is 0 Å². The molecule has 3 heterocycles. The Balaban J connectivity index is 1.25. The van der Waals surface area contributed by atoms with E-state index in [1.165, 1.54) is 54.6 Å². The normalized spacial score (nSPS) is 11.3. The van der Waals surface area contributed by atoms with Crippen molar-refractivity contribution in [2.24, 2.45) is 0 Å². The number of pyridine rings is 3. The first kappa shape index (κ1) is 27.8. The molecule has 0 saturated heterocycles. The Morgan fingerprint density at radius 1 is 0.333 bits per heavy atom. The Hall–Kier alpha value is -6.45. The van der Waals surface area contributed by atoms with E-state index < -0.39 is 0 Å². The lowest BCUT2D eigenvalue weighted by atomic mass is 9.84. The Labute approximate surface area is 278 Å². The highest BCUT2D eigenvalue weighted by Gasteiger charge is 2.19. The van der Waals surface area contributed by atoms with Gasteiger partial charge in [0, 0.05) is 41.5 Å². The maximum atomic E-state index is 4.71. The van der Waals surface area contributed by atoms with Gasteiger partial charge in [-0.05, 0) is 103 Å². The molecule has 9 aromatic rings. The van der Waals surface area contributed by atoms with Crippen LogP contribution in [0.5, 0.6) is 0 Å². The highest BCUT2D eigenvalue weighted by Crippen LogP contribution is 2.46. The van der Waals surface area contributed by atoms with E-state index in [0.717, 1.165) is 33.6 Å². The van der Waals surface area contributed by atoms with Gasteiger partial charge in [0.05, 0.1) is 11.4 Å². The molecule has 0 aliphatic heterocycles. The predicted octanol–water partition coefficient (Wildman–Crippen LogP) is 11.7. The maximum absolute atomic E-state index is 4.71. The molecule has 0 fully saturated rings. The minimum atomic E-state index is 0.917. The van der Waals surface area contributed by atoms with Crippen LogP contribution in [0, 0.1) is 0 Å². The molecule has 0 bridgehead atoms. The van der Waals surface area contributed by atoms with E-state index in [9.17, 15) is 0 Å². The molecule has 0 saturated carbocycles.